The largest absolute Gasteiger partial charge is 0.390 e. The Labute approximate surface area is 120 Å². The Bertz CT molecular complexity index is 675. The van der Waals surface area contributed by atoms with E-state index in [-0.39, 0.29) is 18.3 Å². The van der Waals surface area contributed by atoms with E-state index in [2.05, 4.69) is 15.6 Å². The van der Waals surface area contributed by atoms with Crippen molar-refractivity contribution in [3.63, 3.8) is 0 Å². The molecule has 0 saturated carbocycles. The van der Waals surface area contributed by atoms with Crippen LogP contribution in [-0.4, -0.2) is 25.8 Å². The molecule has 2 aromatic heterocycles. The lowest BCUT2D eigenvalue weighted by Crippen LogP contribution is -2.25. The summed E-state index contributed by atoms with van der Waals surface area (Å²) in [5.41, 5.74) is 0.624. The molecule has 0 aliphatic rings. The van der Waals surface area contributed by atoms with E-state index in [1.54, 1.807) is 26.8 Å². The number of nitrogens with zero attached hydrogens (tertiary/aromatic N) is 4. The molecule has 21 heavy (non-hydrogen) atoms. The van der Waals surface area contributed by atoms with E-state index in [4.69, 9.17) is 4.52 Å². The minimum Gasteiger partial charge on any atom is -0.360 e. The van der Waals surface area contributed by atoms with E-state index in [0.29, 0.717) is 17.3 Å². The zero-order chi connectivity index (χ0) is 15.6. The van der Waals surface area contributed by atoms with Crippen molar-refractivity contribution < 1.29 is 14.2 Å². The van der Waals surface area contributed by atoms with Gasteiger partial charge in [0.1, 0.15) is 5.76 Å². The first-order valence-electron chi connectivity index (χ1n) is 6.30. The first-order chi connectivity index (χ1) is 9.86. The van der Waals surface area contributed by atoms with E-state index in [1.807, 2.05) is 0 Å². The van der Waals surface area contributed by atoms with Crippen molar-refractivity contribution >= 4 is 17.5 Å². The summed E-state index contributed by atoms with van der Waals surface area (Å²) in [6.45, 7) is 5.36. The predicted octanol–water partition coefficient (Wildman–Crippen LogP) is 1.67. The molecule has 0 saturated heterocycles. The van der Waals surface area contributed by atoms with Gasteiger partial charge in [0.05, 0.1) is 29.3 Å². The van der Waals surface area contributed by atoms with Crippen LogP contribution >= 0.6 is 0 Å². The number of aryl methyl sites for hydroxylation is 2. The Morgan fingerprint density at radius 1 is 1.52 bits per heavy atom. The van der Waals surface area contributed by atoms with Crippen LogP contribution in [-0.2, 0) is 11.3 Å². The summed E-state index contributed by atoms with van der Waals surface area (Å²) in [6, 6.07) is 2.97. The number of nitrogens with one attached hydrogen (secondary N) is 1. The van der Waals surface area contributed by atoms with Crippen LogP contribution in [0.3, 0.4) is 0 Å². The smallest absolute Gasteiger partial charge is 0.360 e. The van der Waals surface area contributed by atoms with Crippen molar-refractivity contribution in [3.8, 4) is 0 Å². The average molecular weight is 293 g/mol. The molecule has 0 aromatic carbocycles. The summed E-state index contributed by atoms with van der Waals surface area (Å²) in [4.78, 5) is 22.1. The van der Waals surface area contributed by atoms with Crippen LogP contribution in [0, 0.1) is 29.9 Å². The molecule has 1 N–H and O–H groups in total. The topological polar surface area (TPSA) is 116 Å². The molecule has 0 aliphatic carbocycles. The highest BCUT2D eigenvalue weighted by atomic mass is 16.6. The molecule has 1 amide bonds. The zero-order valence-electron chi connectivity index (χ0n) is 11.9. The van der Waals surface area contributed by atoms with Crippen molar-refractivity contribution in [3.05, 3.63) is 33.7 Å². The first-order valence-corrected chi connectivity index (χ1v) is 6.30. The van der Waals surface area contributed by atoms with Crippen molar-refractivity contribution in [1.29, 1.82) is 0 Å². The number of nitro groups is 1. The maximum Gasteiger partial charge on any atom is 0.390 e. The fourth-order valence-electron chi connectivity index (χ4n) is 1.78. The minimum absolute atomic E-state index is 0.229. The molecule has 9 nitrogen and oxygen atoms in total. The van der Waals surface area contributed by atoms with Crippen LogP contribution in [0.2, 0.25) is 0 Å². The number of anilines is 1. The average Bonchev–Trinajstić information content (AvgIpc) is 2.96. The molecule has 0 spiro atoms. The van der Waals surface area contributed by atoms with Crippen molar-refractivity contribution in [2.75, 3.05) is 5.32 Å². The summed E-state index contributed by atoms with van der Waals surface area (Å²) in [6.07, 6.45) is 0. The maximum atomic E-state index is 12.0. The lowest BCUT2D eigenvalue weighted by atomic mass is 10.1. The molecule has 2 rings (SSSR count). The Morgan fingerprint density at radius 2 is 2.24 bits per heavy atom. The molecule has 0 unspecified atom stereocenters. The van der Waals surface area contributed by atoms with Gasteiger partial charge in [0.15, 0.2) is 5.82 Å². The van der Waals surface area contributed by atoms with Crippen molar-refractivity contribution in [2.24, 2.45) is 5.92 Å². The van der Waals surface area contributed by atoms with Gasteiger partial charge in [-0.05, 0) is 18.8 Å². The second-order valence-electron chi connectivity index (χ2n) is 4.80. The Balaban J connectivity index is 2.02. The van der Waals surface area contributed by atoms with Crippen LogP contribution in [0.5, 0.6) is 0 Å². The first kappa shape index (κ1) is 14.7. The predicted molar refractivity (Wildman–Crippen MR) is 72.7 cm³/mol. The Kier molecular flexibility index (Phi) is 4.01. The van der Waals surface area contributed by atoms with Gasteiger partial charge >= 0.3 is 5.82 Å². The second kappa shape index (κ2) is 5.73. The summed E-state index contributed by atoms with van der Waals surface area (Å²) < 4.78 is 6.30. The highest BCUT2D eigenvalue weighted by Crippen LogP contribution is 2.14. The highest BCUT2D eigenvalue weighted by molar-refractivity contribution is 5.91. The van der Waals surface area contributed by atoms with Gasteiger partial charge in [-0.25, -0.2) is 0 Å². The van der Waals surface area contributed by atoms with E-state index in [1.165, 1.54) is 10.7 Å². The van der Waals surface area contributed by atoms with Gasteiger partial charge in [-0.3, -0.25) is 4.79 Å². The SMILES string of the molecule is Cc1cc(NC(=O)[C@@H](C)Cn2nc([N+](=O)[O-])cc2C)no1. The van der Waals surface area contributed by atoms with Gasteiger partial charge in [0, 0.05) is 6.07 Å². The highest BCUT2D eigenvalue weighted by Gasteiger charge is 2.21. The van der Waals surface area contributed by atoms with E-state index >= 15 is 0 Å². The van der Waals surface area contributed by atoms with Gasteiger partial charge in [-0.2, -0.15) is 4.68 Å². The summed E-state index contributed by atoms with van der Waals surface area (Å²) in [5.74, 6) is 0.0114. The summed E-state index contributed by atoms with van der Waals surface area (Å²) >= 11 is 0. The molecule has 1 atom stereocenters. The molecular weight excluding hydrogens is 278 g/mol. The molecular formula is C12H15N5O4. The molecule has 9 heteroatoms. The number of carbonyl (C=O) groups excluding carboxylic acids is 1. The van der Waals surface area contributed by atoms with Crippen LogP contribution in [0.4, 0.5) is 11.6 Å². The number of carbonyl (C=O) groups is 1. The van der Waals surface area contributed by atoms with Crippen molar-refractivity contribution in [2.45, 2.75) is 27.3 Å². The van der Waals surface area contributed by atoms with Gasteiger partial charge in [0.25, 0.3) is 0 Å². The van der Waals surface area contributed by atoms with Crippen LogP contribution in [0.15, 0.2) is 16.7 Å². The molecule has 0 aliphatic heterocycles. The monoisotopic (exact) mass is 293 g/mol. The van der Waals surface area contributed by atoms with Crippen LogP contribution in [0.1, 0.15) is 18.4 Å². The Hall–Kier alpha value is -2.71. The number of hydrogen-bond donors (Lipinski definition) is 1. The summed E-state index contributed by atoms with van der Waals surface area (Å²) in [7, 11) is 0. The Morgan fingerprint density at radius 3 is 2.76 bits per heavy atom. The quantitative estimate of drug-likeness (QED) is 0.662. The molecule has 0 fully saturated rings. The van der Waals surface area contributed by atoms with E-state index in [0.717, 1.165) is 0 Å². The summed E-state index contributed by atoms with van der Waals surface area (Å²) in [5, 5.41) is 20.8. The second-order valence-corrected chi connectivity index (χ2v) is 4.80. The van der Waals surface area contributed by atoms with E-state index < -0.39 is 10.8 Å². The normalized spacial score (nSPS) is 12.1. The minimum atomic E-state index is -0.563. The van der Waals surface area contributed by atoms with Gasteiger partial charge in [-0.15, -0.1) is 0 Å². The fourth-order valence-corrected chi connectivity index (χ4v) is 1.78. The number of aromatic nitrogens is 3. The fraction of sp³-hybridized carbons (Fsp3) is 0.417. The lowest BCUT2D eigenvalue weighted by Gasteiger charge is -2.09. The molecule has 2 aromatic rings. The molecule has 112 valence electrons. The van der Waals surface area contributed by atoms with Gasteiger partial charge < -0.3 is 20.0 Å². The molecule has 0 bridgehead atoms. The number of amides is 1. The maximum absolute atomic E-state index is 12.0. The van der Waals surface area contributed by atoms with Gasteiger partial charge in [-0.1, -0.05) is 12.1 Å². The molecule has 2 heterocycles. The zero-order valence-corrected chi connectivity index (χ0v) is 11.9. The van der Waals surface area contributed by atoms with Crippen LogP contribution in [0.25, 0.3) is 0 Å². The number of rotatable bonds is 5. The van der Waals surface area contributed by atoms with Crippen LogP contribution < -0.4 is 5.32 Å². The third kappa shape index (κ3) is 3.44. The standard InChI is InChI=1S/C12H15N5O4/c1-7(12(18)13-10-5-9(3)21-15-10)6-16-8(2)4-11(14-16)17(19)20/h4-5,7H,6H2,1-3H3,(H,13,15,18)/t7-/m0/s1. The number of hydrogen-bond acceptors (Lipinski definition) is 6. The van der Waals surface area contributed by atoms with Crippen molar-refractivity contribution in [1.82, 2.24) is 14.9 Å². The third-order valence-corrected chi connectivity index (χ3v) is 2.93. The lowest BCUT2D eigenvalue weighted by molar-refractivity contribution is -0.389. The molecule has 0 radical (unpaired) electrons. The van der Waals surface area contributed by atoms with E-state index in [9.17, 15) is 14.9 Å². The third-order valence-electron chi connectivity index (χ3n) is 2.93. The van der Waals surface area contributed by atoms with Gasteiger partial charge in [0.2, 0.25) is 5.91 Å².